The molecule has 0 radical (unpaired) electrons. The van der Waals surface area contributed by atoms with Crippen molar-refractivity contribution in [3.05, 3.63) is 70.0 Å². The van der Waals surface area contributed by atoms with Crippen LogP contribution in [-0.4, -0.2) is 6.04 Å². The lowest BCUT2D eigenvalue weighted by atomic mass is 9.99. The fraction of sp³-hybridized carbons (Fsp3) is 0.294. The molecule has 1 atom stereocenters. The van der Waals surface area contributed by atoms with Crippen LogP contribution in [0.25, 0.3) is 0 Å². The fourth-order valence-electron chi connectivity index (χ4n) is 2.31. The van der Waals surface area contributed by atoms with Gasteiger partial charge in [-0.25, -0.2) is 4.39 Å². The standard InChI is InChI=1S/C17H20ClFN2/c1-12-5-7-13(8-6-12)9-10-15(21-20)11-14-3-2-4-16(19)17(14)18/h2-8,15,21H,9-11,20H2,1H3. The molecule has 2 aromatic rings. The minimum Gasteiger partial charge on any atom is -0.271 e. The highest BCUT2D eigenvalue weighted by atomic mass is 35.5. The highest BCUT2D eigenvalue weighted by molar-refractivity contribution is 6.31. The molecule has 3 N–H and O–H groups in total. The zero-order chi connectivity index (χ0) is 15.2. The summed E-state index contributed by atoms with van der Waals surface area (Å²) in [5.41, 5.74) is 6.10. The van der Waals surface area contributed by atoms with Gasteiger partial charge in [0.2, 0.25) is 0 Å². The lowest BCUT2D eigenvalue weighted by Gasteiger charge is -2.17. The molecule has 0 saturated heterocycles. The normalized spacial score (nSPS) is 12.4. The molecule has 1 unspecified atom stereocenters. The third kappa shape index (κ3) is 4.53. The van der Waals surface area contributed by atoms with Gasteiger partial charge in [0.25, 0.3) is 0 Å². The summed E-state index contributed by atoms with van der Waals surface area (Å²) in [6.07, 6.45) is 2.40. The zero-order valence-corrected chi connectivity index (χ0v) is 12.8. The minimum atomic E-state index is -0.386. The van der Waals surface area contributed by atoms with Crippen LogP contribution in [0, 0.1) is 12.7 Å². The SMILES string of the molecule is Cc1ccc(CCC(Cc2cccc(F)c2Cl)NN)cc1. The quantitative estimate of drug-likeness (QED) is 0.629. The van der Waals surface area contributed by atoms with Gasteiger partial charge < -0.3 is 0 Å². The number of hydrogen-bond acceptors (Lipinski definition) is 2. The average Bonchev–Trinajstić information content (AvgIpc) is 2.49. The maximum atomic E-state index is 13.4. The van der Waals surface area contributed by atoms with Crippen molar-refractivity contribution in [2.75, 3.05) is 0 Å². The van der Waals surface area contributed by atoms with Crippen molar-refractivity contribution in [2.45, 2.75) is 32.2 Å². The van der Waals surface area contributed by atoms with Gasteiger partial charge in [0.1, 0.15) is 5.82 Å². The first-order valence-corrected chi connectivity index (χ1v) is 7.42. The Morgan fingerprint density at radius 3 is 2.57 bits per heavy atom. The third-order valence-electron chi connectivity index (χ3n) is 3.64. The maximum Gasteiger partial charge on any atom is 0.142 e. The molecule has 0 spiro atoms. The van der Waals surface area contributed by atoms with Crippen molar-refractivity contribution in [1.82, 2.24) is 5.43 Å². The smallest absolute Gasteiger partial charge is 0.142 e. The zero-order valence-electron chi connectivity index (χ0n) is 12.1. The van der Waals surface area contributed by atoms with E-state index in [2.05, 4.69) is 36.6 Å². The fourth-order valence-corrected chi connectivity index (χ4v) is 2.51. The van der Waals surface area contributed by atoms with Gasteiger partial charge in [0.15, 0.2) is 0 Å². The summed E-state index contributed by atoms with van der Waals surface area (Å²) < 4.78 is 13.4. The molecule has 21 heavy (non-hydrogen) atoms. The summed E-state index contributed by atoms with van der Waals surface area (Å²) >= 11 is 5.99. The molecular formula is C17H20ClFN2. The highest BCUT2D eigenvalue weighted by Crippen LogP contribution is 2.21. The van der Waals surface area contributed by atoms with E-state index in [0.717, 1.165) is 18.4 Å². The predicted molar refractivity (Wildman–Crippen MR) is 85.7 cm³/mol. The number of hydrogen-bond donors (Lipinski definition) is 2. The third-order valence-corrected chi connectivity index (χ3v) is 4.06. The molecule has 0 heterocycles. The molecule has 0 amide bonds. The number of benzene rings is 2. The first-order chi connectivity index (χ1) is 10.1. The Labute approximate surface area is 130 Å². The largest absolute Gasteiger partial charge is 0.271 e. The second-order valence-corrected chi connectivity index (χ2v) is 5.68. The van der Waals surface area contributed by atoms with Gasteiger partial charge in [-0.15, -0.1) is 0 Å². The van der Waals surface area contributed by atoms with Crippen LogP contribution in [0.2, 0.25) is 5.02 Å². The van der Waals surface area contributed by atoms with Crippen LogP contribution in [0.1, 0.15) is 23.1 Å². The molecule has 0 aliphatic carbocycles. The predicted octanol–water partition coefficient (Wildman–Crippen LogP) is 3.79. The van der Waals surface area contributed by atoms with Gasteiger partial charge in [0, 0.05) is 6.04 Å². The van der Waals surface area contributed by atoms with Gasteiger partial charge in [-0.2, -0.15) is 0 Å². The van der Waals surface area contributed by atoms with E-state index in [0.29, 0.717) is 6.42 Å². The van der Waals surface area contributed by atoms with Crippen molar-refractivity contribution < 1.29 is 4.39 Å². The van der Waals surface area contributed by atoms with E-state index in [-0.39, 0.29) is 16.9 Å². The first kappa shape index (κ1) is 16.0. The number of aryl methyl sites for hydroxylation is 2. The first-order valence-electron chi connectivity index (χ1n) is 7.04. The van der Waals surface area contributed by atoms with E-state index < -0.39 is 0 Å². The van der Waals surface area contributed by atoms with Crippen molar-refractivity contribution in [1.29, 1.82) is 0 Å². The molecule has 0 aliphatic rings. The van der Waals surface area contributed by atoms with E-state index in [1.54, 1.807) is 6.07 Å². The molecule has 2 aromatic carbocycles. The summed E-state index contributed by atoms with van der Waals surface area (Å²) in [6, 6.07) is 13.4. The average molecular weight is 307 g/mol. The summed E-state index contributed by atoms with van der Waals surface area (Å²) in [6.45, 7) is 2.07. The second-order valence-electron chi connectivity index (χ2n) is 5.30. The summed E-state index contributed by atoms with van der Waals surface area (Å²) in [7, 11) is 0. The number of hydrazine groups is 1. The molecular weight excluding hydrogens is 287 g/mol. The van der Waals surface area contributed by atoms with Crippen LogP contribution in [-0.2, 0) is 12.8 Å². The van der Waals surface area contributed by atoms with Crippen LogP contribution in [0.3, 0.4) is 0 Å². The molecule has 112 valence electrons. The molecule has 0 saturated carbocycles. The van der Waals surface area contributed by atoms with Crippen molar-refractivity contribution in [3.8, 4) is 0 Å². The van der Waals surface area contributed by atoms with Crippen molar-refractivity contribution in [2.24, 2.45) is 5.84 Å². The molecule has 0 bridgehead atoms. The van der Waals surface area contributed by atoms with E-state index in [1.807, 2.05) is 6.07 Å². The molecule has 0 fully saturated rings. The Bertz CT molecular complexity index is 584. The highest BCUT2D eigenvalue weighted by Gasteiger charge is 2.12. The molecule has 0 aromatic heterocycles. The summed E-state index contributed by atoms with van der Waals surface area (Å²) in [4.78, 5) is 0. The molecule has 2 nitrogen and oxygen atoms in total. The lowest BCUT2D eigenvalue weighted by molar-refractivity contribution is 0.490. The second kappa shape index (κ2) is 7.55. The van der Waals surface area contributed by atoms with Crippen LogP contribution in [0.15, 0.2) is 42.5 Å². The number of nitrogens with one attached hydrogen (secondary N) is 1. The van der Waals surface area contributed by atoms with Gasteiger partial charge in [-0.05, 0) is 43.4 Å². The Morgan fingerprint density at radius 1 is 1.19 bits per heavy atom. The van der Waals surface area contributed by atoms with E-state index in [4.69, 9.17) is 17.4 Å². The summed E-state index contributed by atoms with van der Waals surface area (Å²) in [5.74, 6) is 5.22. The van der Waals surface area contributed by atoms with Crippen LogP contribution >= 0.6 is 11.6 Å². The van der Waals surface area contributed by atoms with Gasteiger partial charge >= 0.3 is 0 Å². The van der Waals surface area contributed by atoms with Gasteiger partial charge in [0.05, 0.1) is 5.02 Å². The Morgan fingerprint density at radius 2 is 1.90 bits per heavy atom. The number of rotatable bonds is 6. The molecule has 0 aliphatic heterocycles. The van der Waals surface area contributed by atoms with Crippen molar-refractivity contribution >= 4 is 11.6 Å². The Kier molecular flexibility index (Phi) is 5.74. The van der Waals surface area contributed by atoms with Crippen LogP contribution in [0.4, 0.5) is 4.39 Å². The topological polar surface area (TPSA) is 38.0 Å². The van der Waals surface area contributed by atoms with Crippen LogP contribution in [0.5, 0.6) is 0 Å². The van der Waals surface area contributed by atoms with Gasteiger partial charge in [-0.3, -0.25) is 11.3 Å². The van der Waals surface area contributed by atoms with Crippen LogP contribution < -0.4 is 11.3 Å². The van der Waals surface area contributed by atoms with E-state index in [1.165, 1.54) is 17.2 Å². The molecule has 2 rings (SSSR count). The Hall–Kier alpha value is -1.42. The van der Waals surface area contributed by atoms with E-state index >= 15 is 0 Å². The summed E-state index contributed by atoms with van der Waals surface area (Å²) in [5, 5.41) is 0.188. The monoisotopic (exact) mass is 306 g/mol. The number of halogens is 2. The Balaban J connectivity index is 1.97. The van der Waals surface area contributed by atoms with Crippen molar-refractivity contribution in [3.63, 3.8) is 0 Å². The lowest BCUT2D eigenvalue weighted by Crippen LogP contribution is -2.37. The van der Waals surface area contributed by atoms with E-state index in [9.17, 15) is 4.39 Å². The molecule has 4 heteroatoms. The van der Waals surface area contributed by atoms with Gasteiger partial charge in [-0.1, -0.05) is 53.6 Å². The maximum absolute atomic E-state index is 13.4. The minimum absolute atomic E-state index is 0.0607. The number of nitrogens with two attached hydrogens (primary N) is 1.